The highest BCUT2D eigenvalue weighted by atomic mass is 17.1. The standard InChI is InChI=1S/C14H20N2O6/c1-21-13-10-11(4-6-12(13)17)5-7-14(18)15-8-2-3-9-22-16(19)20/h4-7,10,17,19-20H,2-3,8-9H2,1H3,(H,15,18)/b7-5+. The molecular formula is C14H20N2O6. The van der Waals surface area contributed by atoms with Crippen LogP contribution in [0.4, 0.5) is 0 Å². The van der Waals surface area contributed by atoms with E-state index >= 15 is 0 Å². The van der Waals surface area contributed by atoms with Gasteiger partial charge in [0.2, 0.25) is 5.91 Å². The summed E-state index contributed by atoms with van der Waals surface area (Å²) in [5, 5.41) is 28.4. The molecule has 22 heavy (non-hydrogen) atoms. The molecule has 0 spiro atoms. The molecule has 0 heterocycles. The lowest BCUT2D eigenvalue weighted by Crippen LogP contribution is -2.22. The molecule has 0 saturated heterocycles. The van der Waals surface area contributed by atoms with E-state index in [1.54, 1.807) is 18.2 Å². The van der Waals surface area contributed by atoms with Crippen LogP contribution in [0.5, 0.6) is 11.5 Å². The van der Waals surface area contributed by atoms with E-state index in [4.69, 9.17) is 15.2 Å². The molecule has 1 amide bonds. The van der Waals surface area contributed by atoms with Gasteiger partial charge in [-0.05, 0) is 36.6 Å². The predicted molar refractivity (Wildman–Crippen MR) is 77.3 cm³/mol. The van der Waals surface area contributed by atoms with E-state index in [1.165, 1.54) is 19.3 Å². The number of rotatable bonds is 9. The summed E-state index contributed by atoms with van der Waals surface area (Å²) in [5.41, 5.74) is 0.726. The fraction of sp³-hybridized carbons (Fsp3) is 0.357. The number of hydrogen-bond donors (Lipinski definition) is 4. The van der Waals surface area contributed by atoms with Crippen LogP contribution in [-0.4, -0.2) is 47.1 Å². The first kappa shape index (κ1) is 17.9. The number of ether oxygens (including phenoxy) is 1. The molecule has 0 saturated carbocycles. The van der Waals surface area contributed by atoms with Crippen molar-refractivity contribution >= 4 is 12.0 Å². The average molecular weight is 312 g/mol. The lowest BCUT2D eigenvalue weighted by Gasteiger charge is -2.06. The Bertz CT molecular complexity index is 504. The zero-order valence-corrected chi connectivity index (χ0v) is 12.2. The molecule has 0 fully saturated rings. The molecule has 4 N–H and O–H groups in total. The van der Waals surface area contributed by atoms with E-state index in [0.29, 0.717) is 25.1 Å². The Kier molecular flexibility index (Phi) is 7.94. The number of amides is 1. The number of methoxy groups -OCH3 is 1. The van der Waals surface area contributed by atoms with Crippen molar-refractivity contribution in [2.75, 3.05) is 20.3 Å². The minimum absolute atomic E-state index is 0.0376. The second-order valence-corrected chi connectivity index (χ2v) is 4.35. The second-order valence-electron chi connectivity index (χ2n) is 4.35. The SMILES string of the molecule is COc1cc(/C=C/C(=O)NCCCCON(O)O)ccc1O. The summed E-state index contributed by atoms with van der Waals surface area (Å²) in [7, 11) is 1.45. The monoisotopic (exact) mass is 312 g/mol. The van der Waals surface area contributed by atoms with Crippen LogP contribution in [0, 0.1) is 0 Å². The Morgan fingerprint density at radius 3 is 2.82 bits per heavy atom. The van der Waals surface area contributed by atoms with Crippen LogP contribution >= 0.6 is 0 Å². The normalized spacial score (nSPS) is 11.1. The predicted octanol–water partition coefficient (Wildman–Crippen LogP) is 1.32. The van der Waals surface area contributed by atoms with E-state index in [0.717, 1.165) is 5.56 Å². The molecule has 0 aliphatic rings. The van der Waals surface area contributed by atoms with Crippen molar-refractivity contribution in [2.24, 2.45) is 0 Å². The molecule has 0 unspecified atom stereocenters. The largest absolute Gasteiger partial charge is 0.504 e. The maximum absolute atomic E-state index is 11.6. The van der Waals surface area contributed by atoms with E-state index < -0.39 is 0 Å². The van der Waals surface area contributed by atoms with Crippen LogP contribution in [-0.2, 0) is 9.63 Å². The van der Waals surface area contributed by atoms with E-state index in [1.807, 2.05) is 0 Å². The van der Waals surface area contributed by atoms with Crippen molar-refractivity contribution < 1.29 is 29.9 Å². The molecule has 1 aromatic carbocycles. The topological polar surface area (TPSA) is 111 Å². The maximum Gasteiger partial charge on any atom is 0.243 e. The summed E-state index contributed by atoms with van der Waals surface area (Å²) in [6.07, 6.45) is 4.19. The number of phenolic OH excluding ortho intramolecular Hbond substituents is 1. The van der Waals surface area contributed by atoms with Gasteiger partial charge in [-0.25, -0.2) is 0 Å². The lowest BCUT2D eigenvalue weighted by atomic mass is 10.2. The highest BCUT2D eigenvalue weighted by Gasteiger charge is 2.01. The van der Waals surface area contributed by atoms with Gasteiger partial charge in [-0.15, -0.1) is 0 Å². The number of unbranched alkanes of at least 4 members (excludes halogenated alkanes) is 1. The molecule has 1 aromatic rings. The summed E-state index contributed by atoms with van der Waals surface area (Å²) in [6, 6.07) is 4.77. The Balaban J connectivity index is 2.29. The Morgan fingerprint density at radius 2 is 2.14 bits per heavy atom. The first-order chi connectivity index (χ1) is 10.5. The number of nitrogens with one attached hydrogen (secondary N) is 1. The van der Waals surface area contributed by atoms with E-state index in [2.05, 4.69) is 10.2 Å². The van der Waals surface area contributed by atoms with Crippen LogP contribution in [0.3, 0.4) is 0 Å². The van der Waals surface area contributed by atoms with Crippen molar-refractivity contribution in [1.29, 1.82) is 0 Å². The third-order valence-electron chi connectivity index (χ3n) is 2.71. The molecule has 0 aromatic heterocycles. The fourth-order valence-corrected chi connectivity index (χ4v) is 1.61. The van der Waals surface area contributed by atoms with Gasteiger partial charge in [-0.2, -0.15) is 0 Å². The molecule has 8 nitrogen and oxygen atoms in total. The number of aromatic hydroxyl groups is 1. The van der Waals surface area contributed by atoms with Crippen molar-refractivity contribution in [3.63, 3.8) is 0 Å². The van der Waals surface area contributed by atoms with Crippen LogP contribution < -0.4 is 10.1 Å². The van der Waals surface area contributed by atoms with Gasteiger partial charge in [-0.3, -0.25) is 20.0 Å². The van der Waals surface area contributed by atoms with Crippen molar-refractivity contribution in [3.8, 4) is 11.5 Å². The Morgan fingerprint density at radius 1 is 1.36 bits per heavy atom. The summed E-state index contributed by atoms with van der Waals surface area (Å²) in [4.78, 5) is 16.0. The highest BCUT2D eigenvalue weighted by molar-refractivity contribution is 5.91. The Labute approximate surface area is 128 Å². The minimum Gasteiger partial charge on any atom is -0.504 e. The van der Waals surface area contributed by atoms with Crippen molar-refractivity contribution in [2.45, 2.75) is 12.8 Å². The van der Waals surface area contributed by atoms with E-state index in [9.17, 15) is 9.90 Å². The van der Waals surface area contributed by atoms with E-state index in [-0.39, 0.29) is 23.7 Å². The zero-order chi connectivity index (χ0) is 16.4. The molecule has 0 radical (unpaired) electrons. The third-order valence-corrected chi connectivity index (χ3v) is 2.71. The van der Waals surface area contributed by atoms with Crippen molar-refractivity contribution in [3.05, 3.63) is 29.8 Å². The van der Waals surface area contributed by atoms with Gasteiger partial charge in [-0.1, -0.05) is 6.07 Å². The minimum atomic E-state index is -0.340. The molecule has 0 aliphatic carbocycles. The smallest absolute Gasteiger partial charge is 0.243 e. The van der Waals surface area contributed by atoms with Gasteiger partial charge in [0.15, 0.2) is 11.5 Å². The van der Waals surface area contributed by atoms with Gasteiger partial charge in [0.1, 0.15) is 0 Å². The van der Waals surface area contributed by atoms with Crippen LogP contribution in [0.25, 0.3) is 6.08 Å². The van der Waals surface area contributed by atoms with Gasteiger partial charge in [0, 0.05) is 12.6 Å². The lowest BCUT2D eigenvalue weighted by molar-refractivity contribution is -0.492. The van der Waals surface area contributed by atoms with Gasteiger partial charge in [0.25, 0.3) is 0 Å². The highest BCUT2D eigenvalue weighted by Crippen LogP contribution is 2.26. The molecule has 0 bridgehead atoms. The fourth-order valence-electron chi connectivity index (χ4n) is 1.61. The number of hydrogen-bond acceptors (Lipinski definition) is 7. The van der Waals surface area contributed by atoms with Crippen LogP contribution in [0.1, 0.15) is 18.4 Å². The number of nitrogens with zero attached hydrogens (tertiary/aromatic N) is 1. The first-order valence-corrected chi connectivity index (χ1v) is 6.66. The summed E-state index contributed by atoms with van der Waals surface area (Å²) in [6.45, 7) is 0.592. The molecule has 1 rings (SSSR count). The van der Waals surface area contributed by atoms with Gasteiger partial charge < -0.3 is 15.2 Å². The quantitative estimate of drug-likeness (QED) is 0.309. The van der Waals surface area contributed by atoms with Crippen molar-refractivity contribution in [1.82, 2.24) is 10.7 Å². The zero-order valence-electron chi connectivity index (χ0n) is 12.2. The summed E-state index contributed by atoms with van der Waals surface area (Å²) >= 11 is 0. The number of carbonyl (C=O) groups is 1. The maximum atomic E-state index is 11.6. The van der Waals surface area contributed by atoms with Gasteiger partial charge >= 0.3 is 0 Å². The molecule has 8 heteroatoms. The first-order valence-electron chi connectivity index (χ1n) is 6.66. The number of benzene rings is 1. The summed E-state index contributed by atoms with van der Waals surface area (Å²) in [5.74, 6) is 0.124. The second kappa shape index (κ2) is 9.74. The molecule has 0 atom stereocenters. The third kappa shape index (κ3) is 7.04. The molecular weight excluding hydrogens is 292 g/mol. The van der Waals surface area contributed by atoms with Crippen LogP contribution in [0.2, 0.25) is 0 Å². The summed E-state index contributed by atoms with van der Waals surface area (Å²) < 4.78 is 4.98. The molecule has 0 aliphatic heterocycles. The average Bonchev–Trinajstić information content (AvgIpc) is 2.49. The number of phenols is 1. The molecule has 122 valence electrons. The number of carbonyl (C=O) groups excluding carboxylic acids is 1. The van der Waals surface area contributed by atoms with Gasteiger partial charge in [0.05, 0.1) is 19.1 Å². The van der Waals surface area contributed by atoms with Crippen LogP contribution in [0.15, 0.2) is 24.3 Å². The Hall–Kier alpha value is -2.13.